The summed E-state index contributed by atoms with van der Waals surface area (Å²) in [7, 11) is -3.43. The number of nitrogens with one attached hydrogen (secondary N) is 2. The Morgan fingerprint density at radius 3 is 2.37 bits per heavy atom. The third kappa shape index (κ3) is 7.20. The molecule has 1 saturated heterocycles. The van der Waals surface area contributed by atoms with E-state index in [2.05, 4.69) is 10.6 Å². The summed E-state index contributed by atoms with van der Waals surface area (Å²) in [6.45, 7) is 6.07. The number of carbonyl (C=O) groups is 2. The fourth-order valence-electron chi connectivity index (χ4n) is 5.64. The van der Waals surface area contributed by atoms with Crippen molar-refractivity contribution in [3.63, 3.8) is 0 Å². The van der Waals surface area contributed by atoms with Gasteiger partial charge in [0.15, 0.2) is 0 Å². The van der Waals surface area contributed by atoms with Crippen LogP contribution >= 0.6 is 0 Å². The van der Waals surface area contributed by atoms with Crippen molar-refractivity contribution in [1.82, 2.24) is 15.5 Å². The third-order valence-corrected chi connectivity index (χ3v) is 9.28. The summed E-state index contributed by atoms with van der Waals surface area (Å²) < 4.78 is 32.5. The van der Waals surface area contributed by atoms with Gasteiger partial charge in [0.25, 0.3) is 0 Å². The van der Waals surface area contributed by atoms with Gasteiger partial charge in [0, 0.05) is 25.0 Å². The van der Waals surface area contributed by atoms with Gasteiger partial charge in [-0.05, 0) is 76.4 Å². The van der Waals surface area contributed by atoms with Gasteiger partial charge < -0.3 is 26.0 Å². The molecule has 1 fully saturated rings. The highest BCUT2D eigenvalue weighted by atomic mass is 32.2. The molecule has 0 aliphatic carbocycles. The number of unbranched alkanes of at least 4 members (excludes halogenated alkanes) is 1. The van der Waals surface area contributed by atoms with E-state index in [1.807, 2.05) is 54.6 Å². The Bertz CT molecular complexity index is 1310. The van der Waals surface area contributed by atoms with E-state index >= 15 is 0 Å². The van der Waals surface area contributed by atoms with Crippen molar-refractivity contribution in [2.75, 3.05) is 49.9 Å². The maximum Gasteiger partial charge on any atom is 0.248 e. The number of para-hydroxylation sites is 2. The predicted octanol–water partition coefficient (Wildman–Crippen LogP) is 2.00. The lowest BCUT2D eigenvalue weighted by atomic mass is 9.74. The number of hydrogen-bond acceptors (Lipinski definition) is 7. The smallest absolute Gasteiger partial charge is 0.248 e. The highest BCUT2D eigenvalue weighted by Crippen LogP contribution is 2.47. The number of sulfonamides is 1. The van der Waals surface area contributed by atoms with E-state index in [1.54, 1.807) is 18.7 Å². The second-order valence-corrected chi connectivity index (χ2v) is 13.5. The second kappa shape index (κ2) is 12.8. The molecule has 2 aromatic carbocycles. The molecule has 2 aliphatic rings. The number of amides is 2. The molecule has 4 rings (SSSR count). The number of fused-ring (bicyclic) bond motifs is 2. The average Bonchev–Trinajstić information content (AvgIpc) is 3.28. The molecule has 1 spiro atoms. The fraction of sp³-hybridized carbons (Fsp3) is 0.533. The third-order valence-electron chi connectivity index (χ3n) is 8.15. The van der Waals surface area contributed by atoms with Crippen LogP contribution in [0.25, 0.3) is 0 Å². The van der Waals surface area contributed by atoms with Crippen LogP contribution in [0.15, 0.2) is 54.6 Å². The minimum absolute atomic E-state index is 0.00975. The number of piperidine rings is 1. The van der Waals surface area contributed by atoms with Crippen molar-refractivity contribution in [3.8, 4) is 5.75 Å². The largest absolute Gasteiger partial charge is 0.491 e. The molecule has 2 aliphatic heterocycles. The Kier molecular flexibility index (Phi) is 9.61. The SMILES string of the molecule is CC(C)(NCCCCN)C(=O)N[C@H](COc1ccccc1)C(=O)N1CCC2(CC1)CN(S(C)(=O)=O)c1ccccc12. The number of anilines is 1. The van der Waals surface area contributed by atoms with Crippen LogP contribution in [0.1, 0.15) is 45.1 Å². The minimum atomic E-state index is -3.43. The summed E-state index contributed by atoms with van der Waals surface area (Å²) in [5.74, 6) is 0.108. The van der Waals surface area contributed by atoms with Crippen LogP contribution in [0.3, 0.4) is 0 Å². The van der Waals surface area contributed by atoms with Crippen LogP contribution < -0.4 is 25.4 Å². The van der Waals surface area contributed by atoms with Crippen LogP contribution in [-0.2, 0) is 25.0 Å². The molecular formula is C30H43N5O5S. The number of nitrogens with two attached hydrogens (primary N) is 1. The van der Waals surface area contributed by atoms with E-state index in [0.717, 1.165) is 24.1 Å². The zero-order valence-electron chi connectivity index (χ0n) is 24.3. The number of hydrogen-bond donors (Lipinski definition) is 3. The summed E-state index contributed by atoms with van der Waals surface area (Å²) in [5, 5.41) is 6.20. The second-order valence-electron chi connectivity index (χ2n) is 11.6. The van der Waals surface area contributed by atoms with Gasteiger partial charge in [0.2, 0.25) is 21.8 Å². The van der Waals surface area contributed by atoms with E-state index in [-0.39, 0.29) is 23.8 Å². The molecule has 41 heavy (non-hydrogen) atoms. The lowest BCUT2D eigenvalue weighted by Gasteiger charge is -2.41. The van der Waals surface area contributed by atoms with Gasteiger partial charge in [-0.25, -0.2) is 8.42 Å². The van der Waals surface area contributed by atoms with E-state index in [4.69, 9.17) is 10.5 Å². The molecule has 224 valence electrons. The van der Waals surface area contributed by atoms with Gasteiger partial charge in [0.05, 0.1) is 17.5 Å². The average molecular weight is 586 g/mol. The molecular weight excluding hydrogens is 542 g/mol. The van der Waals surface area contributed by atoms with Crippen molar-refractivity contribution in [3.05, 3.63) is 60.2 Å². The van der Waals surface area contributed by atoms with Gasteiger partial charge in [-0.15, -0.1) is 0 Å². The van der Waals surface area contributed by atoms with Gasteiger partial charge in [-0.1, -0.05) is 36.4 Å². The molecule has 2 aromatic rings. The first-order valence-corrected chi connectivity index (χ1v) is 16.1. The molecule has 2 heterocycles. The lowest BCUT2D eigenvalue weighted by molar-refractivity contribution is -0.140. The number of likely N-dealkylation sites (tertiary alicyclic amines) is 1. The molecule has 4 N–H and O–H groups in total. The van der Waals surface area contributed by atoms with Crippen LogP contribution in [0, 0.1) is 0 Å². The van der Waals surface area contributed by atoms with E-state index in [1.165, 1.54) is 10.6 Å². The van der Waals surface area contributed by atoms with Crippen LogP contribution in [0.4, 0.5) is 5.69 Å². The van der Waals surface area contributed by atoms with E-state index in [9.17, 15) is 18.0 Å². The summed E-state index contributed by atoms with van der Waals surface area (Å²) in [6.07, 6.45) is 4.18. The van der Waals surface area contributed by atoms with Crippen molar-refractivity contribution in [2.24, 2.45) is 5.73 Å². The molecule has 10 nitrogen and oxygen atoms in total. The van der Waals surface area contributed by atoms with Crippen molar-refractivity contribution in [2.45, 2.75) is 56.5 Å². The quantitative estimate of drug-likeness (QED) is 0.325. The first kappa shape index (κ1) is 30.8. The summed E-state index contributed by atoms with van der Waals surface area (Å²) in [5.41, 5.74) is 6.07. The maximum absolute atomic E-state index is 13.8. The molecule has 0 aromatic heterocycles. The Balaban J connectivity index is 1.47. The Morgan fingerprint density at radius 1 is 1.05 bits per heavy atom. The standard InChI is InChI=1S/C30H43N5O5S/c1-29(2,32-18-10-9-17-31)28(37)33-25(21-40-23-11-5-4-6-12-23)27(36)34-19-15-30(16-20-34)22-35(41(3,38)39)26-14-8-7-13-24(26)30/h4-8,11-14,25,32H,9-10,15-22,31H2,1-3H3,(H,33,37)/t25-/m1/s1. The molecule has 0 unspecified atom stereocenters. The Morgan fingerprint density at radius 2 is 1.71 bits per heavy atom. The Labute approximate surface area is 243 Å². The van der Waals surface area contributed by atoms with Crippen LogP contribution in [0.2, 0.25) is 0 Å². The van der Waals surface area contributed by atoms with Gasteiger partial charge in [-0.2, -0.15) is 0 Å². The van der Waals surface area contributed by atoms with Gasteiger partial charge in [-0.3, -0.25) is 13.9 Å². The van der Waals surface area contributed by atoms with Crippen molar-refractivity contribution < 1.29 is 22.7 Å². The first-order chi connectivity index (χ1) is 19.5. The van der Waals surface area contributed by atoms with E-state index in [0.29, 0.717) is 51.3 Å². The van der Waals surface area contributed by atoms with Crippen LogP contribution in [-0.4, -0.2) is 82.3 Å². The van der Waals surface area contributed by atoms with Crippen molar-refractivity contribution >= 4 is 27.5 Å². The summed E-state index contributed by atoms with van der Waals surface area (Å²) in [4.78, 5) is 28.9. The molecule has 0 radical (unpaired) electrons. The normalized spacial score (nSPS) is 17.3. The van der Waals surface area contributed by atoms with E-state index < -0.39 is 21.6 Å². The molecule has 0 bridgehead atoms. The Hall–Kier alpha value is -3.15. The monoisotopic (exact) mass is 585 g/mol. The summed E-state index contributed by atoms with van der Waals surface area (Å²) in [6, 6.07) is 15.9. The van der Waals surface area contributed by atoms with Crippen LogP contribution in [0.5, 0.6) is 5.75 Å². The summed E-state index contributed by atoms with van der Waals surface area (Å²) >= 11 is 0. The highest BCUT2D eigenvalue weighted by Gasteiger charge is 2.48. The minimum Gasteiger partial charge on any atom is -0.491 e. The zero-order chi connectivity index (χ0) is 29.7. The number of carbonyl (C=O) groups excluding carboxylic acids is 2. The lowest BCUT2D eigenvalue weighted by Crippen LogP contribution is -2.60. The van der Waals surface area contributed by atoms with Gasteiger partial charge >= 0.3 is 0 Å². The number of ether oxygens (including phenoxy) is 1. The fourth-order valence-corrected chi connectivity index (χ4v) is 6.64. The predicted molar refractivity (Wildman–Crippen MR) is 160 cm³/mol. The number of benzene rings is 2. The molecule has 1 atom stereocenters. The highest BCUT2D eigenvalue weighted by molar-refractivity contribution is 7.92. The molecule has 0 saturated carbocycles. The zero-order valence-corrected chi connectivity index (χ0v) is 25.1. The molecule has 11 heteroatoms. The number of nitrogens with zero attached hydrogens (tertiary/aromatic N) is 2. The maximum atomic E-state index is 13.8. The number of rotatable bonds is 12. The van der Waals surface area contributed by atoms with Gasteiger partial charge in [0.1, 0.15) is 18.4 Å². The molecule has 2 amide bonds. The first-order valence-electron chi connectivity index (χ1n) is 14.3. The van der Waals surface area contributed by atoms with Crippen molar-refractivity contribution in [1.29, 1.82) is 0 Å². The topological polar surface area (TPSA) is 134 Å².